The van der Waals surface area contributed by atoms with E-state index in [1.807, 2.05) is 0 Å². The van der Waals surface area contributed by atoms with Gasteiger partial charge in [0.15, 0.2) is 0 Å². The lowest BCUT2D eigenvalue weighted by Gasteiger charge is -2.05. The first-order chi connectivity index (χ1) is 11.5. The molecule has 0 spiro atoms. The van der Waals surface area contributed by atoms with Crippen molar-refractivity contribution in [1.82, 2.24) is 10.7 Å². The summed E-state index contributed by atoms with van der Waals surface area (Å²) in [5.41, 5.74) is 2.26. The van der Waals surface area contributed by atoms with Crippen molar-refractivity contribution in [2.45, 2.75) is 0 Å². The lowest BCUT2D eigenvalue weighted by Crippen LogP contribution is -2.35. The van der Waals surface area contributed by atoms with Gasteiger partial charge in [-0.15, -0.1) is 0 Å². The maximum Gasteiger partial charge on any atom is 0.259 e. The molecule has 124 valence electrons. The molecule has 2 rings (SSSR count). The van der Waals surface area contributed by atoms with E-state index in [4.69, 9.17) is 5.11 Å². The Balaban J connectivity index is 1.84. The third kappa shape index (κ3) is 4.54. The van der Waals surface area contributed by atoms with Crippen LogP contribution in [-0.2, 0) is 4.79 Å². The van der Waals surface area contributed by atoms with E-state index in [0.29, 0.717) is 0 Å². The summed E-state index contributed by atoms with van der Waals surface area (Å²) in [5, 5.41) is 24.5. The molecule has 8 heteroatoms. The first-order valence-corrected chi connectivity index (χ1v) is 6.84. The molecule has 0 aliphatic rings. The van der Waals surface area contributed by atoms with Crippen molar-refractivity contribution < 1.29 is 24.2 Å². The maximum absolute atomic E-state index is 13.4. The Bertz CT molecular complexity index is 793. The number of halogens is 1. The number of carbonyl (C=O) groups is 2. The molecule has 4 N–H and O–H groups in total. The minimum atomic E-state index is -0.719. The average Bonchev–Trinajstić information content (AvgIpc) is 2.55. The average molecular weight is 331 g/mol. The summed E-state index contributed by atoms with van der Waals surface area (Å²) < 4.78 is 13.4. The molecule has 0 heterocycles. The van der Waals surface area contributed by atoms with E-state index in [1.165, 1.54) is 36.5 Å². The molecule has 0 saturated heterocycles. The predicted octanol–water partition coefficient (Wildman–Crippen LogP) is 1.12. The van der Waals surface area contributed by atoms with Gasteiger partial charge in [0, 0.05) is 11.6 Å². The summed E-state index contributed by atoms with van der Waals surface area (Å²) in [6.07, 6.45) is 1.17. The van der Waals surface area contributed by atoms with E-state index < -0.39 is 24.2 Å². The highest BCUT2D eigenvalue weighted by atomic mass is 19.1. The van der Waals surface area contributed by atoms with E-state index in [0.717, 1.165) is 12.1 Å². The fourth-order valence-electron chi connectivity index (χ4n) is 1.76. The minimum Gasteiger partial charge on any atom is -0.508 e. The number of carbonyl (C=O) groups excluding carboxylic acids is 2. The molecule has 0 fully saturated rings. The Morgan fingerprint density at radius 2 is 1.92 bits per heavy atom. The van der Waals surface area contributed by atoms with Crippen molar-refractivity contribution in [2.75, 3.05) is 6.54 Å². The van der Waals surface area contributed by atoms with Crippen LogP contribution in [0.1, 0.15) is 15.9 Å². The number of phenolic OH excluding ortho intramolecular Hbond substituents is 2. The molecular weight excluding hydrogens is 317 g/mol. The molecule has 0 saturated carbocycles. The van der Waals surface area contributed by atoms with Crippen LogP contribution in [0.5, 0.6) is 11.5 Å². The highest BCUT2D eigenvalue weighted by Crippen LogP contribution is 2.20. The smallest absolute Gasteiger partial charge is 0.259 e. The van der Waals surface area contributed by atoms with Gasteiger partial charge in [-0.25, -0.2) is 9.82 Å². The number of benzene rings is 2. The quantitative estimate of drug-likeness (QED) is 0.486. The van der Waals surface area contributed by atoms with E-state index >= 15 is 0 Å². The fourth-order valence-corrected chi connectivity index (χ4v) is 1.76. The van der Waals surface area contributed by atoms with Crippen LogP contribution < -0.4 is 10.7 Å². The topological polar surface area (TPSA) is 111 Å². The molecule has 2 amide bonds. The van der Waals surface area contributed by atoms with Gasteiger partial charge in [0.25, 0.3) is 11.8 Å². The van der Waals surface area contributed by atoms with Crippen LogP contribution in [0.15, 0.2) is 47.6 Å². The van der Waals surface area contributed by atoms with Crippen LogP contribution in [0.2, 0.25) is 0 Å². The molecule has 0 aromatic heterocycles. The zero-order valence-corrected chi connectivity index (χ0v) is 12.4. The monoisotopic (exact) mass is 331 g/mol. The van der Waals surface area contributed by atoms with Gasteiger partial charge in [0.2, 0.25) is 0 Å². The number of aromatic hydroxyl groups is 2. The summed E-state index contributed by atoms with van der Waals surface area (Å²) in [6, 6.07) is 9.27. The molecule has 0 bridgehead atoms. The number of hydrogen-bond acceptors (Lipinski definition) is 5. The summed E-state index contributed by atoms with van der Waals surface area (Å²) in [7, 11) is 0. The van der Waals surface area contributed by atoms with Crippen LogP contribution >= 0.6 is 0 Å². The molecule has 0 unspecified atom stereocenters. The summed E-state index contributed by atoms with van der Waals surface area (Å²) in [6.45, 7) is -0.397. The zero-order chi connectivity index (χ0) is 17.5. The zero-order valence-electron chi connectivity index (χ0n) is 12.4. The SMILES string of the molecule is O=C(CNC(=O)c1ccccc1F)NN=Cc1ccc(O)cc1O. The van der Waals surface area contributed by atoms with Crippen molar-refractivity contribution in [3.8, 4) is 11.5 Å². The molecule has 0 radical (unpaired) electrons. The molecule has 2 aromatic carbocycles. The lowest BCUT2D eigenvalue weighted by molar-refractivity contribution is -0.120. The molecular formula is C16H14FN3O4. The highest BCUT2D eigenvalue weighted by Gasteiger charge is 2.11. The van der Waals surface area contributed by atoms with Gasteiger partial charge in [-0.1, -0.05) is 12.1 Å². The second kappa shape index (κ2) is 7.73. The Hall–Kier alpha value is -3.42. The number of rotatable bonds is 5. The lowest BCUT2D eigenvalue weighted by atomic mass is 10.2. The third-order valence-corrected chi connectivity index (χ3v) is 2.93. The van der Waals surface area contributed by atoms with E-state index in [1.54, 1.807) is 0 Å². The number of nitrogens with zero attached hydrogens (tertiary/aromatic N) is 1. The van der Waals surface area contributed by atoms with Gasteiger partial charge >= 0.3 is 0 Å². The van der Waals surface area contributed by atoms with Crippen molar-refractivity contribution in [3.63, 3.8) is 0 Å². The normalized spacial score (nSPS) is 10.5. The largest absolute Gasteiger partial charge is 0.508 e. The fraction of sp³-hybridized carbons (Fsp3) is 0.0625. The molecule has 0 aliphatic carbocycles. The Labute approximate surface area is 136 Å². The first kappa shape index (κ1) is 16.9. The molecule has 2 aromatic rings. The van der Waals surface area contributed by atoms with Gasteiger partial charge in [-0.2, -0.15) is 5.10 Å². The van der Waals surface area contributed by atoms with Gasteiger partial charge < -0.3 is 15.5 Å². The van der Waals surface area contributed by atoms with Crippen LogP contribution in [-0.4, -0.2) is 34.8 Å². The molecule has 0 atom stereocenters. The van der Waals surface area contributed by atoms with Crippen molar-refractivity contribution in [1.29, 1.82) is 0 Å². The number of hydrogen-bond donors (Lipinski definition) is 4. The third-order valence-electron chi connectivity index (χ3n) is 2.93. The van der Waals surface area contributed by atoms with Crippen LogP contribution in [0, 0.1) is 5.82 Å². The number of hydrazone groups is 1. The molecule has 7 nitrogen and oxygen atoms in total. The van der Waals surface area contributed by atoms with Crippen molar-refractivity contribution in [2.24, 2.45) is 5.10 Å². The second-order valence-corrected chi connectivity index (χ2v) is 4.70. The van der Waals surface area contributed by atoms with E-state index in [2.05, 4.69) is 15.8 Å². The summed E-state index contributed by atoms with van der Waals surface area (Å²) in [5.74, 6) is -2.35. The number of phenols is 2. The minimum absolute atomic E-state index is 0.107. The highest BCUT2D eigenvalue weighted by molar-refractivity contribution is 5.96. The Morgan fingerprint density at radius 3 is 2.62 bits per heavy atom. The summed E-state index contributed by atoms with van der Waals surface area (Å²) >= 11 is 0. The molecule has 24 heavy (non-hydrogen) atoms. The number of nitrogens with one attached hydrogen (secondary N) is 2. The van der Waals surface area contributed by atoms with Gasteiger partial charge in [0.1, 0.15) is 17.3 Å². The Kier molecular flexibility index (Phi) is 5.45. The number of amides is 2. The van der Waals surface area contributed by atoms with Gasteiger partial charge in [-0.05, 0) is 24.3 Å². The predicted molar refractivity (Wildman–Crippen MR) is 84.2 cm³/mol. The van der Waals surface area contributed by atoms with Gasteiger partial charge in [0.05, 0.1) is 18.3 Å². The molecule has 0 aliphatic heterocycles. The first-order valence-electron chi connectivity index (χ1n) is 6.84. The van der Waals surface area contributed by atoms with Crippen molar-refractivity contribution >= 4 is 18.0 Å². The summed E-state index contributed by atoms with van der Waals surface area (Å²) in [4.78, 5) is 23.3. The van der Waals surface area contributed by atoms with Crippen LogP contribution in [0.25, 0.3) is 0 Å². The Morgan fingerprint density at radius 1 is 1.17 bits per heavy atom. The standard InChI is InChI=1S/C16H14FN3O4/c17-13-4-2-1-3-12(13)16(24)18-9-15(23)20-19-8-10-5-6-11(21)7-14(10)22/h1-8,21-22H,9H2,(H,18,24)(H,20,23). The van der Waals surface area contributed by atoms with Crippen LogP contribution in [0.3, 0.4) is 0 Å². The van der Waals surface area contributed by atoms with E-state index in [-0.39, 0.29) is 22.6 Å². The van der Waals surface area contributed by atoms with Crippen molar-refractivity contribution in [3.05, 3.63) is 59.4 Å². The second-order valence-electron chi connectivity index (χ2n) is 4.70. The maximum atomic E-state index is 13.4. The van der Waals surface area contributed by atoms with E-state index in [9.17, 15) is 19.1 Å². The van der Waals surface area contributed by atoms with Crippen LogP contribution in [0.4, 0.5) is 4.39 Å². The van der Waals surface area contributed by atoms with Gasteiger partial charge in [-0.3, -0.25) is 9.59 Å².